The summed E-state index contributed by atoms with van der Waals surface area (Å²) < 4.78 is 17.0. The molecule has 1 aliphatic rings. The number of rotatable bonds is 4. The van der Waals surface area contributed by atoms with Crippen molar-refractivity contribution in [3.05, 3.63) is 71.2 Å². The van der Waals surface area contributed by atoms with Gasteiger partial charge in [0.25, 0.3) is 0 Å². The highest BCUT2D eigenvalue weighted by atomic mass is 19.1. The molecule has 0 amide bonds. The van der Waals surface area contributed by atoms with E-state index in [1.54, 1.807) is 6.07 Å². The summed E-state index contributed by atoms with van der Waals surface area (Å²) in [6.45, 7) is 5.37. The monoisotopic (exact) mass is 350 g/mol. The summed E-state index contributed by atoms with van der Waals surface area (Å²) in [5, 5.41) is 1.09. The molecule has 0 spiro atoms. The van der Waals surface area contributed by atoms with Crippen molar-refractivity contribution in [2.45, 2.75) is 51.7 Å². The van der Waals surface area contributed by atoms with E-state index in [1.807, 2.05) is 12.1 Å². The van der Waals surface area contributed by atoms with Crippen molar-refractivity contribution in [3.63, 3.8) is 0 Å². The maximum atomic E-state index is 14.8. The van der Waals surface area contributed by atoms with E-state index in [9.17, 15) is 4.39 Å². The molecule has 136 valence electrons. The molecule has 0 saturated carbocycles. The molecule has 2 atom stereocenters. The van der Waals surface area contributed by atoms with E-state index in [0.717, 1.165) is 36.7 Å². The molecule has 0 bridgehead atoms. The van der Waals surface area contributed by atoms with Crippen LogP contribution in [0.2, 0.25) is 0 Å². The Morgan fingerprint density at radius 2 is 1.81 bits per heavy atom. The number of hydrogen-bond acceptors (Lipinski definition) is 1. The minimum absolute atomic E-state index is 0.0980. The molecule has 3 heteroatoms. The van der Waals surface area contributed by atoms with Crippen LogP contribution in [-0.2, 0) is 19.4 Å². The van der Waals surface area contributed by atoms with Gasteiger partial charge in [-0.1, -0.05) is 42.5 Å². The first-order chi connectivity index (χ1) is 12.6. The van der Waals surface area contributed by atoms with Gasteiger partial charge in [-0.3, -0.25) is 4.90 Å². The highest BCUT2D eigenvalue weighted by Gasteiger charge is 2.32. The zero-order valence-corrected chi connectivity index (χ0v) is 15.9. The lowest BCUT2D eigenvalue weighted by molar-refractivity contribution is 0.177. The van der Waals surface area contributed by atoms with Crippen LogP contribution in [0.25, 0.3) is 10.9 Å². The van der Waals surface area contributed by atoms with Crippen LogP contribution in [0, 0.1) is 5.82 Å². The van der Waals surface area contributed by atoms with E-state index in [0.29, 0.717) is 12.1 Å². The molecule has 4 rings (SSSR count). The van der Waals surface area contributed by atoms with Gasteiger partial charge < -0.3 is 4.57 Å². The number of hydrogen-bond donors (Lipinski definition) is 0. The number of benzene rings is 2. The summed E-state index contributed by atoms with van der Waals surface area (Å²) in [7, 11) is 2.18. The lowest BCUT2D eigenvalue weighted by atomic mass is 9.93. The van der Waals surface area contributed by atoms with Crippen LogP contribution in [0.3, 0.4) is 0 Å². The number of halogens is 1. The molecule has 2 heterocycles. The third-order valence-electron chi connectivity index (χ3n) is 6.09. The van der Waals surface area contributed by atoms with Gasteiger partial charge in [0.1, 0.15) is 5.82 Å². The smallest absolute Gasteiger partial charge is 0.147 e. The van der Waals surface area contributed by atoms with Crippen molar-refractivity contribution in [1.82, 2.24) is 9.47 Å². The third-order valence-corrected chi connectivity index (χ3v) is 6.09. The molecule has 0 N–H and O–H groups in total. The fourth-order valence-corrected chi connectivity index (χ4v) is 4.47. The van der Waals surface area contributed by atoms with E-state index in [-0.39, 0.29) is 5.82 Å². The van der Waals surface area contributed by atoms with Crippen molar-refractivity contribution in [2.24, 2.45) is 0 Å². The summed E-state index contributed by atoms with van der Waals surface area (Å²) in [5.74, 6) is -0.0980. The molecule has 0 saturated heterocycles. The summed E-state index contributed by atoms with van der Waals surface area (Å²) in [6.07, 6.45) is 3.03. The molecular weight excluding hydrogens is 323 g/mol. The molecule has 0 aliphatic carbocycles. The quantitative estimate of drug-likeness (QED) is 0.616. The fourth-order valence-electron chi connectivity index (χ4n) is 4.47. The van der Waals surface area contributed by atoms with Gasteiger partial charge in [0.15, 0.2) is 0 Å². The number of para-hydroxylation sites is 1. The van der Waals surface area contributed by atoms with Gasteiger partial charge >= 0.3 is 0 Å². The minimum Gasteiger partial charge on any atom is -0.342 e. The van der Waals surface area contributed by atoms with Crippen LogP contribution in [0.4, 0.5) is 4.39 Å². The standard InChI is InChI=1S/C23H27FN2/c1-16-15-21-22(17(2)25(16)3)19-12-7-13-20(24)23(19)26(21)14-8-11-18-9-5-4-6-10-18/h4-7,9-10,12-13,16-17H,8,11,14-15H2,1-3H3. The first-order valence-corrected chi connectivity index (χ1v) is 9.63. The van der Waals surface area contributed by atoms with Gasteiger partial charge in [-0.25, -0.2) is 4.39 Å². The average molecular weight is 350 g/mol. The van der Waals surface area contributed by atoms with Gasteiger partial charge in [0.05, 0.1) is 5.52 Å². The van der Waals surface area contributed by atoms with Crippen LogP contribution in [0.5, 0.6) is 0 Å². The minimum atomic E-state index is -0.0980. The number of nitrogens with zero attached hydrogens (tertiary/aromatic N) is 2. The number of likely N-dealkylation sites (N-methyl/N-ethyl adjacent to an activating group) is 1. The van der Waals surface area contributed by atoms with Crippen molar-refractivity contribution in [2.75, 3.05) is 7.05 Å². The first kappa shape index (κ1) is 17.3. The highest BCUT2D eigenvalue weighted by Crippen LogP contribution is 2.39. The van der Waals surface area contributed by atoms with Gasteiger partial charge in [0, 0.05) is 36.1 Å². The highest BCUT2D eigenvalue weighted by molar-refractivity contribution is 5.87. The molecular formula is C23H27FN2. The number of aryl methyl sites for hydroxylation is 2. The fraction of sp³-hybridized carbons (Fsp3) is 0.391. The summed E-state index contributed by atoms with van der Waals surface area (Å²) in [6, 6.07) is 16.9. The van der Waals surface area contributed by atoms with Crippen molar-refractivity contribution < 1.29 is 4.39 Å². The molecule has 0 radical (unpaired) electrons. The second-order valence-electron chi connectivity index (χ2n) is 7.63. The second-order valence-corrected chi connectivity index (χ2v) is 7.63. The van der Waals surface area contributed by atoms with Crippen LogP contribution in [-0.4, -0.2) is 22.6 Å². The molecule has 26 heavy (non-hydrogen) atoms. The zero-order chi connectivity index (χ0) is 18.3. The van der Waals surface area contributed by atoms with E-state index in [1.165, 1.54) is 16.8 Å². The Kier molecular flexibility index (Phi) is 4.58. The Balaban J connectivity index is 1.73. The predicted octanol–water partition coefficient (Wildman–Crippen LogP) is 5.35. The van der Waals surface area contributed by atoms with E-state index >= 15 is 0 Å². The van der Waals surface area contributed by atoms with Crippen LogP contribution in [0.1, 0.15) is 43.1 Å². The predicted molar refractivity (Wildman–Crippen MR) is 106 cm³/mol. The van der Waals surface area contributed by atoms with Gasteiger partial charge in [-0.15, -0.1) is 0 Å². The Labute approximate surface area is 155 Å². The summed E-state index contributed by atoms with van der Waals surface area (Å²) in [5.41, 5.74) is 4.79. The van der Waals surface area contributed by atoms with Crippen molar-refractivity contribution >= 4 is 10.9 Å². The van der Waals surface area contributed by atoms with Gasteiger partial charge in [-0.2, -0.15) is 0 Å². The normalized spacial score (nSPS) is 20.5. The lowest BCUT2D eigenvalue weighted by Gasteiger charge is -2.36. The van der Waals surface area contributed by atoms with E-state index in [2.05, 4.69) is 60.7 Å². The van der Waals surface area contributed by atoms with E-state index < -0.39 is 0 Å². The SMILES string of the molecule is CC1Cc2c(c3cccc(F)c3n2CCCc2ccccc2)C(C)N1C. The molecule has 1 aromatic heterocycles. The maximum absolute atomic E-state index is 14.8. The van der Waals surface area contributed by atoms with Gasteiger partial charge in [-0.05, 0) is 50.9 Å². The lowest BCUT2D eigenvalue weighted by Crippen LogP contribution is -2.38. The summed E-state index contributed by atoms with van der Waals surface area (Å²) >= 11 is 0. The van der Waals surface area contributed by atoms with Gasteiger partial charge in [0.2, 0.25) is 0 Å². The molecule has 0 fully saturated rings. The zero-order valence-electron chi connectivity index (χ0n) is 15.9. The van der Waals surface area contributed by atoms with Crippen LogP contribution < -0.4 is 0 Å². The molecule has 2 unspecified atom stereocenters. The van der Waals surface area contributed by atoms with Crippen LogP contribution >= 0.6 is 0 Å². The first-order valence-electron chi connectivity index (χ1n) is 9.63. The Bertz CT molecular complexity index is 913. The maximum Gasteiger partial charge on any atom is 0.147 e. The molecule has 2 aromatic carbocycles. The van der Waals surface area contributed by atoms with Crippen molar-refractivity contribution in [1.29, 1.82) is 0 Å². The molecule has 2 nitrogen and oxygen atoms in total. The largest absolute Gasteiger partial charge is 0.342 e. The van der Waals surface area contributed by atoms with E-state index in [4.69, 9.17) is 0 Å². The molecule has 3 aromatic rings. The third kappa shape index (κ3) is 2.84. The second kappa shape index (κ2) is 6.88. The Morgan fingerprint density at radius 1 is 1.04 bits per heavy atom. The van der Waals surface area contributed by atoms with Crippen LogP contribution in [0.15, 0.2) is 48.5 Å². The number of fused-ring (bicyclic) bond motifs is 3. The average Bonchev–Trinajstić information content (AvgIpc) is 2.95. The molecule has 1 aliphatic heterocycles. The van der Waals surface area contributed by atoms with Crippen molar-refractivity contribution in [3.8, 4) is 0 Å². The summed E-state index contributed by atoms with van der Waals surface area (Å²) in [4.78, 5) is 2.40. The Morgan fingerprint density at radius 3 is 2.58 bits per heavy atom. The Hall–Kier alpha value is -2.13. The number of aromatic nitrogens is 1. The topological polar surface area (TPSA) is 8.17 Å².